The molecule has 1 aromatic rings. The van der Waals surface area contributed by atoms with Crippen molar-refractivity contribution < 1.29 is 64.3 Å². The van der Waals surface area contributed by atoms with Gasteiger partial charge in [0.05, 0.1) is 25.0 Å². The molecule has 0 spiro atoms. The van der Waals surface area contributed by atoms with Gasteiger partial charge in [-0.15, -0.1) is 0 Å². The van der Waals surface area contributed by atoms with Crippen molar-refractivity contribution >= 4 is 18.0 Å². The lowest BCUT2D eigenvalue weighted by atomic mass is 9.99. The molecule has 0 amide bonds. The highest BCUT2D eigenvalue weighted by molar-refractivity contribution is 5.92. The molecule has 2 heterocycles. The lowest BCUT2D eigenvalue weighted by Crippen LogP contribution is -2.59. The number of ether oxygens (including phenoxy) is 4. The molecule has 208 valence electrons. The van der Waals surface area contributed by atoms with Crippen molar-refractivity contribution in [3.05, 3.63) is 59.4 Å². The van der Waals surface area contributed by atoms with Gasteiger partial charge in [0.1, 0.15) is 42.4 Å². The first-order valence-corrected chi connectivity index (χ1v) is 11.6. The van der Waals surface area contributed by atoms with Gasteiger partial charge in [-0.3, -0.25) is 0 Å². The van der Waals surface area contributed by atoms with Gasteiger partial charge < -0.3 is 54.7 Å². The van der Waals surface area contributed by atoms with Crippen molar-refractivity contribution in [3.8, 4) is 5.75 Å². The van der Waals surface area contributed by atoms with E-state index in [9.17, 15) is 45.3 Å². The number of rotatable bonds is 9. The zero-order valence-electron chi connectivity index (χ0n) is 20.2. The number of aliphatic hydroxyl groups excluding tert-OH is 6. The second kappa shape index (κ2) is 13.1. The third-order valence-electron chi connectivity index (χ3n) is 5.96. The van der Waals surface area contributed by atoms with Crippen LogP contribution in [0.3, 0.4) is 0 Å². The minimum absolute atomic E-state index is 0.0754. The standard InChI is InChI=1S/C25H30O13/c1-12(11-36-17(28)7-4-13-2-5-14(27)6-3-13)18(29)23-19(30)15(24(34)38-23)8-9-35-25-22(33)21(32)20(31)16(10-26)37-25/h2-8,11,16,18-23,25-27,29-33H,9-10H2,1H3/b7-4+,12-11+,15-8-. The van der Waals surface area contributed by atoms with Gasteiger partial charge in [-0.25, -0.2) is 9.59 Å². The van der Waals surface area contributed by atoms with Crippen LogP contribution < -0.4 is 0 Å². The molecule has 2 fully saturated rings. The number of esters is 2. The van der Waals surface area contributed by atoms with Crippen LogP contribution in [-0.2, 0) is 28.5 Å². The smallest absolute Gasteiger partial charge is 0.337 e. The molecule has 8 atom stereocenters. The minimum Gasteiger partial charge on any atom is -0.508 e. The van der Waals surface area contributed by atoms with Crippen LogP contribution in [0.2, 0.25) is 0 Å². The molecule has 0 aromatic heterocycles. The van der Waals surface area contributed by atoms with Crippen LogP contribution in [0, 0.1) is 0 Å². The summed E-state index contributed by atoms with van der Waals surface area (Å²) in [7, 11) is 0. The van der Waals surface area contributed by atoms with Gasteiger partial charge in [0, 0.05) is 6.08 Å². The molecule has 0 bridgehead atoms. The zero-order valence-corrected chi connectivity index (χ0v) is 20.2. The highest BCUT2D eigenvalue weighted by atomic mass is 16.7. The summed E-state index contributed by atoms with van der Waals surface area (Å²) in [5.74, 6) is -1.63. The second-order valence-corrected chi connectivity index (χ2v) is 8.67. The fourth-order valence-electron chi connectivity index (χ4n) is 3.70. The van der Waals surface area contributed by atoms with Crippen molar-refractivity contribution in [1.82, 2.24) is 0 Å². The molecule has 0 radical (unpaired) electrons. The average molecular weight is 539 g/mol. The number of hydrogen-bond donors (Lipinski definition) is 7. The SMILES string of the molecule is C/C(=C\OC(=O)/C=C/c1ccc(O)cc1)C(O)C1OC(=O)/C(=C\COC2OC(CO)C(O)C(O)C2O)C1O. The predicted molar refractivity (Wildman–Crippen MR) is 127 cm³/mol. The van der Waals surface area contributed by atoms with Crippen LogP contribution in [0.1, 0.15) is 12.5 Å². The van der Waals surface area contributed by atoms with Gasteiger partial charge in [-0.05, 0) is 42.3 Å². The fourth-order valence-corrected chi connectivity index (χ4v) is 3.70. The Morgan fingerprint density at radius 3 is 2.45 bits per heavy atom. The number of carbonyl (C=O) groups excluding carboxylic acids is 2. The minimum atomic E-state index is -1.65. The number of benzene rings is 1. The fraction of sp³-hybridized carbons (Fsp3) is 0.440. The van der Waals surface area contributed by atoms with Gasteiger partial charge >= 0.3 is 11.9 Å². The van der Waals surface area contributed by atoms with Gasteiger partial charge in [0.2, 0.25) is 0 Å². The molecule has 0 saturated carbocycles. The summed E-state index contributed by atoms with van der Waals surface area (Å²) < 4.78 is 20.5. The lowest BCUT2D eigenvalue weighted by Gasteiger charge is -2.39. The van der Waals surface area contributed by atoms with Crippen molar-refractivity contribution in [2.45, 2.75) is 55.9 Å². The van der Waals surface area contributed by atoms with Crippen molar-refractivity contribution in [2.24, 2.45) is 0 Å². The summed E-state index contributed by atoms with van der Waals surface area (Å²) in [5, 5.41) is 69.1. The first-order valence-electron chi connectivity index (χ1n) is 11.6. The van der Waals surface area contributed by atoms with Crippen molar-refractivity contribution in [1.29, 1.82) is 0 Å². The number of cyclic esters (lactones) is 1. The topological polar surface area (TPSA) is 213 Å². The van der Waals surface area contributed by atoms with E-state index in [2.05, 4.69) is 0 Å². The highest BCUT2D eigenvalue weighted by Crippen LogP contribution is 2.27. The number of aromatic hydroxyl groups is 1. The molecule has 38 heavy (non-hydrogen) atoms. The Bertz CT molecular complexity index is 1060. The Morgan fingerprint density at radius 1 is 1.11 bits per heavy atom. The Kier molecular flexibility index (Phi) is 10.1. The van der Waals surface area contributed by atoms with E-state index in [0.717, 1.165) is 18.4 Å². The van der Waals surface area contributed by atoms with Crippen molar-refractivity contribution in [3.63, 3.8) is 0 Å². The molecular weight excluding hydrogens is 508 g/mol. The molecule has 13 nitrogen and oxygen atoms in total. The number of carbonyl (C=O) groups is 2. The van der Waals surface area contributed by atoms with Crippen LogP contribution in [-0.4, -0.2) is 110 Å². The van der Waals surface area contributed by atoms with E-state index in [-0.39, 0.29) is 16.9 Å². The van der Waals surface area contributed by atoms with E-state index in [4.69, 9.17) is 18.9 Å². The molecule has 7 N–H and O–H groups in total. The van der Waals surface area contributed by atoms with Crippen LogP contribution in [0.5, 0.6) is 5.75 Å². The van der Waals surface area contributed by atoms with Gasteiger partial charge in [0.15, 0.2) is 12.4 Å². The summed E-state index contributed by atoms with van der Waals surface area (Å²) in [6, 6.07) is 6.06. The molecule has 2 aliphatic heterocycles. The van der Waals surface area contributed by atoms with Gasteiger partial charge in [-0.1, -0.05) is 12.1 Å². The van der Waals surface area contributed by atoms with Crippen molar-refractivity contribution in [2.75, 3.05) is 13.2 Å². The molecule has 3 rings (SSSR count). The van der Waals surface area contributed by atoms with E-state index in [1.165, 1.54) is 25.1 Å². The van der Waals surface area contributed by atoms with E-state index < -0.39 is 74.2 Å². The van der Waals surface area contributed by atoms with E-state index >= 15 is 0 Å². The quantitative estimate of drug-likeness (QED) is 0.106. The molecule has 13 heteroatoms. The molecule has 2 saturated heterocycles. The van der Waals surface area contributed by atoms with E-state index in [0.29, 0.717) is 5.56 Å². The Labute approximate surface area is 217 Å². The van der Waals surface area contributed by atoms with E-state index in [1.807, 2.05) is 0 Å². The molecule has 0 aliphatic carbocycles. The van der Waals surface area contributed by atoms with Crippen LogP contribution in [0.4, 0.5) is 0 Å². The summed E-state index contributed by atoms with van der Waals surface area (Å²) in [6.07, 6.45) is -7.33. The maximum absolute atomic E-state index is 12.2. The third-order valence-corrected chi connectivity index (χ3v) is 5.96. The Hall–Kier alpha value is -3.14. The predicted octanol–water partition coefficient (Wildman–Crippen LogP) is -1.76. The van der Waals surface area contributed by atoms with Crippen LogP contribution in [0.15, 0.2) is 53.8 Å². The average Bonchev–Trinajstić information content (AvgIpc) is 3.19. The largest absolute Gasteiger partial charge is 0.508 e. The third kappa shape index (κ3) is 7.03. The first kappa shape index (κ1) is 29.4. The molecule has 2 aliphatic rings. The van der Waals surface area contributed by atoms with Crippen LogP contribution >= 0.6 is 0 Å². The summed E-state index contributed by atoms with van der Waals surface area (Å²) in [6.45, 7) is 0.353. The summed E-state index contributed by atoms with van der Waals surface area (Å²) >= 11 is 0. The van der Waals surface area contributed by atoms with Gasteiger partial charge in [-0.2, -0.15) is 0 Å². The number of hydrogen-bond acceptors (Lipinski definition) is 13. The Morgan fingerprint density at radius 2 is 1.79 bits per heavy atom. The number of phenols is 1. The molecule has 1 aromatic carbocycles. The maximum Gasteiger partial charge on any atom is 0.337 e. The summed E-state index contributed by atoms with van der Waals surface area (Å²) in [4.78, 5) is 24.2. The first-order chi connectivity index (χ1) is 18.0. The molecular formula is C25H30O13. The summed E-state index contributed by atoms with van der Waals surface area (Å²) in [5.41, 5.74) is 0.462. The van der Waals surface area contributed by atoms with Gasteiger partial charge in [0.25, 0.3) is 0 Å². The second-order valence-electron chi connectivity index (χ2n) is 8.67. The molecule has 8 unspecified atom stereocenters. The normalized spacial score (nSPS) is 32.0. The van der Waals surface area contributed by atoms with Crippen LogP contribution in [0.25, 0.3) is 6.08 Å². The highest BCUT2D eigenvalue weighted by Gasteiger charge is 2.45. The lowest BCUT2D eigenvalue weighted by molar-refractivity contribution is -0.298. The number of phenolic OH excluding ortho intramolecular Hbond substituents is 1. The maximum atomic E-state index is 12.2. The Balaban J connectivity index is 1.55. The number of aliphatic hydroxyl groups is 6. The van der Waals surface area contributed by atoms with E-state index in [1.54, 1.807) is 12.1 Å². The zero-order chi connectivity index (χ0) is 28.0. The monoisotopic (exact) mass is 538 g/mol.